The van der Waals surface area contributed by atoms with Crippen LogP contribution in [-0.2, 0) is 39.1 Å². The van der Waals surface area contributed by atoms with Gasteiger partial charge in [-0.15, -0.1) is 0 Å². The fourth-order valence-electron chi connectivity index (χ4n) is 6.33. The largest absolute Gasteiger partial charge is 0.493 e. The first-order valence-corrected chi connectivity index (χ1v) is 16.6. The van der Waals surface area contributed by atoms with E-state index in [2.05, 4.69) is 54.4 Å². The second kappa shape index (κ2) is 17.9. The molecular weight excluding hydrogens is 636 g/mol. The number of carboxylic acids is 2. The molecule has 0 aromatic heterocycles. The summed E-state index contributed by atoms with van der Waals surface area (Å²) in [6.45, 7) is 2.54. The average molecular weight is 683 g/mol. The Labute approximate surface area is 293 Å². The van der Waals surface area contributed by atoms with Crippen LogP contribution in [0.15, 0.2) is 97.1 Å². The summed E-state index contributed by atoms with van der Waals surface area (Å²) in [4.78, 5) is 36.7. The van der Waals surface area contributed by atoms with Gasteiger partial charge < -0.3 is 34.2 Å². The zero-order valence-corrected chi connectivity index (χ0v) is 29.1. The smallest absolute Gasteiger partial charge is 0.414 e. The Morgan fingerprint density at radius 1 is 0.780 bits per heavy atom. The summed E-state index contributed by atoms with van der Waals surface area (Å²) in [7, 11) is 7.38. The number of ether oxygens (including phenoxy) is 3. The van der Waals surface area contributed by atoms with Gasteiger partial charge in [0.2, 0.25) is 5.91 Å². The molecule has 1 heterocycles. The normalized spacial score (nSPS) is 15.1. The van der Waals surface area contributed by atoms with Gasteiger partial charge in [0.1, 0.15) is 5.75 Å². The van der Waals surface area contributed by atoms with E-state index < -0.39 is 17.4 Å². The first-order chi connectivity index (χ1) is 24.1. The van der Waals surface area contributed by atoms with Crippen LogP contribution in [0.1, 0.15) is 35.1 Å². The molecule has 1 aliphatic rings. The Balaban J connectivity index is 0.000000860. The van der Waals surface area contributed by atoms with E-state index in [4.69, 9.17) is 34.0 Å². The maximum atomic E-state index is 14.3. The minimum absolute atomic E-state index is 0.104. The lowest BCUT2D eigenvalue weighted by molar-refractivity contribution is -0.159. The van der Waals surface area contributed by atoms with Gasteiger partial charge in [-0.3, -0.25) is 4.79 Å². The molecule has 2 N–H and O–H groups in total. The summed E-state index contributed by atoms with van der Waals surface area (Å²) in [6.07, 6.45) is 4.13. The molecule has 10 nitrogen and oxygen atoms in total. The predicted molar refractivity (Wildman–Crippen MR) is 193 cm³/mol. The SMILES string of the molecule is COc1ccc(CCN(C)CCCCOc2ccccc2C2(Cc3ccccc3)Cc3ccccc3N(C)C2=O)cc1OC.O=C(O)C(=O)O. The molecular formula is C40H46N2O8. The number of aliphatic carboxylic acids is 2. The van der Waals surface area contributed by atoms with Gasteiger partial charge >= 0.3 is 11.9 Å². The first-order valence-electron chi connectivity index (χ1n) is 16.6. The van der Waals surface area contributed by atoms with E-state index in [1.54, 1.807) is 14.2 Å². The molecule has 0 saturated heterocycles. The zero-order valence-electron chi connectivity index (χ0n) is 29.1. The number of rotatable bonds is 14. The third kappa shape index (κ3) is 9.41. The average Bonchev–Trinajstić information content (AvgIpc) is 3.13. The highest BCUT2D eigenvalue weighted by atomic mass is 16.5. The number of carbonyl (C=O) groups excluding carboxylic acids is 1. The molecule has 50 heavy (non-hydrogen) atoms. The predicted octanol–water partition coefficient (Wildman–Crippen LogP) is 5.89. The Morgan fingerprint density at radius 2 is 1.44 bits per heavy atom. The van der Waals surface area contributed by atoms with E-state index in [0.717, 1.165) is 66.4 Å². The molecule has 5 rings (SSSR count). The molecule has 4 aromatic carbocycles. The zero-order chi connectivity index (χ0) is 36.1. The summed E-state index contributed by atoms with van der Waals surface area (Å²) < 4.78 is 17.3. The monoisotopic (exact) mass is 682 g/mol. The van der Waals surface area contributed by atoms with E-state index in [1.807, 2.05) is 66.5 Å². The summed E-state index contributed by atoms with van der Waals surface area (Å²) in [5.41, 5.74) is 4.73. The van der Waals surface area contributed by atoms with Gasteiger partial charge in [0.25, 0.3) is 0 Å². The first kappa shape index (κ1) is 37.5. The van der Waals surface area contributed by atoms with Gasteiger partial charge in [0.15, 0.2) is 11.5 Å². The number of carboxylic acid groups (broad SMARTS) is 2. The number of hydrogen-bond donors (Lipinski definition) is 2. The molecule has 0 aliphatic carbocycles. The minimum Gasteiger partial charge on any atom is -0.493 e. The highest BCUT2D eigenvalue weighted by Gasteiger charge is 2.47. The minimum atomic E-state index is -1.82. The standard InChI is InChI=1S/C38H44N2O4.C2H2O4/c1-39(24-22-29-20-21-35(42-3)36(26-29)43-4)23-12-13-25-44-34-19-11-9-17-32(34)38(27-30-14-6-5-7-15-30)28-31-16-8-10-18-33(31)40(2)37(38)41;3-1(4)2(5)6/h5-11,14-21,26H,12-13,22-25,27-28H2,1-4H3;(H,3,4)(H,5,6). The third-order valence-corrected chi connectivity index (χ3v) is 8.92. The number of fused-ring (bicyclic) bond motifs is 1. The highest BCUT2D eigenvalue weighted by Crippen LogP contribution is 2.45. The highest BCUT2D eigenvalue weighted by molar-refractivity contribution is 6.27. The third-order valence-electron chi connectivity index (χ3n) is 8.92. The number of amides is 1. The van der Waals surface area contributed by atoms with Gasteiger partial charge in [-0.05, 0) is 86.7 Å². The Kier molecular flexibility index (Phi) is 13.4. The lowest BCUT2D eigenvalue weighted by Crippen LogP contribution is -2.52. The quantitative estimate of drug-likeness (QED) is 0.124. The van der Waals surface area contributed by atoms with E-state index in [0.29, 0.717) is 19.4 Å². The van der Waals surface area contributed by atoms with Crippen LogP contribution in [0.25, 0.3) is 0 Å². The van der Waals surface area contributed by atoms with Crippen LogP contribution >= 0.6 is 0 Å². The topological polar surface area (TPSA) is 126 Å². The lowest BCUT2D eigenvalue weighted by atomic mass is 9.68. The molecule has 1 atom stereocenters. The summed E-state index contributed by atoms with van der Waals surface area (Å²) >= 11 is 0. The van der Waals surface area contributed by atoms with Gasteiger partial charge in [0.05, 0.1) is 26.2 Å². The molecule has 1 aliphatic heterocycles. The van der Waals surface area contributed by atoms with Crippen LogP contribution in [0, 0.1) is 0 Å². The number of methoxy groups -OCH3 is 2. The van der Waals surface area contributed by atoms with Gasteiger partial charge in [-0.2, -0.15) is 0 Å². The van der Waals surface area contributed by atoms with Crippen LogP contribution in [0.5, 0.6) is 17.2 Å². The molecule has 0 fully saturated rings. The number of nitrogens with zero attached hydrogens (tertiary/aromatic N) is 2. The Hall–Kier alpha value is -5.35. The number of carbonyl (C=O) groups is 3. The van der Waals surface area contributed by atoms with E-state index in [1.165, 1.54) is 11.1 Å². The Morgan fingerprint density at radius 3 is 2.14 bits per heavy atom. The van der Waals surface area contributed by atoms with Crippen molar-refractivity contribution in [3.8, 4) is 17.2 Å². The van der Waals surface area contributed by atoms with Crippen LogP contribution in [0.4, 0.5) is 5.69 Å². The van der Waals surface area contributed by atoms with E-state index in [9.17, 15) is 4.79 Å². The van der Waals surface area contributed by atoms with Crippen LogP contribution in [0.2, 0.25) is 0 Å². The van der Waals surface area contributed by atoms with Crippen molar-refractivity contribution >= 4 is 23.5 Å². The molecule has 4 aromatic rings. The van der Waals surface area contributed by atoms with Crippen molar-refractivity contribution in [1.82, 2.24) is 4.90 Å². The molecule has 264 valence electrons. The molecule has 0 radical (unpaired) electrons. The van der Waals surface area contributed by atoms with Crippen molar-refractivity contribution < 1.29 is 38.8 Å². The van der Waals surface area contributed by atoms with Crippen molar-refractivity contribution in [2.45, 2.75) is 37.5 Å². The number of benzene rings is 4. The second-order valence-electron chi connectivity index (χ2n) is 12.3. The van der Waals surface area contributed by atoms with Crippen molar-refractivity contribution in [3.63, 3.8) is 0 Å². The lowest BCUT2D eigenvalue weighted by Gasteiger charge is -2.42. The fraction of sp³-hybridized carbons (Fsp3) is 0.325. The molecule has 1 unspecified atom stereocenters. The maximum absolute atomic E-state index is 14.3. The maximum Gasteiger partial charge on any atom is 0.414 e. The number of unbranched alkanes of at least 4 members (excludes halogenated alkanes) is 1. The Bertz CT molecular complexity index is 1730. The number of anilines is 1. The van der Waals surface area contributed by atoms with Crippen molar-refractivity contribution in [2.24, 2.45) is 0 Å². The molecule has 10 heteroatoms. The molecule has 0 spiro atoms. The summed E-state index contributed by atoms with van der Waals surface area (Å²) in [5, 5.41) is 14.8. The fourth-order valence-corrected chi connectivity index (χ4v) is 6.33. The molecule has 0 bridgehead atoms. The van der Waals surface area contributed by atoms with Crippen LogP contribution < -0.4 is 19.1 Å². The van der Waals surface area contributed by atoms with E-state index in [-0.39, 0.29) is 5.91 Å². The van der Waals surface area contributed by atoms with Crippen molar-refractivity contribution in [1.29, 1.82) is 0 Å². The van der Waals surface area contributed by atoms with E-state index >= 15 is 0 Å². The number of hydrogen-bond acceptors (Lipinski definition) is 7. The van der Waals surface area contributed by atoms with Gasteiger partial charge in [-0.25, -0.2) is 9.59 Å². The van der Waals surface area contributed by atoms with Gasteiger partial charge in [0, 0.05) is 24.8 Å². The van der Waals surface area contributed by atoms with Crippen LogP contribution in [0.3, 0.4) is 0 Å². The summed E-state index contributed by atoms with van der Waals surface area (Å²) in [6, 6.07) is 32.8. The second-order valence-corrected chi connectivity index (χ2v) is 12.3. The number of likely N-dealkylation sites (N-methyl/N-ethyl adjacent to an activating group) is 2. The molecule has 1 amide bonds. The number of para-hydroxylation sites is 2. The van der Waals surface area contributed by atoms with Crippen molar-refractivity contribution in [2.75, 3.05) is 52.9 Å². The summed E-state index contributed by atoms with van der Waals surface area (Å²) in [5.74, 6) is -1.23. The van der Waals surface area contributed by atoms with Crippen LogP contribution in [-0.4, -0.2) is 81.0 Å². The molecule has 0 saturated carbocycles. The van der Waals surface area contributed by atoms with Crippen molar-refractivity contribution in [3.05, 3.63) is 119 Å². The van der Waals surface area contributed by atoms with Gasteiger partial charge in [-0.1, -0.05) is 72.8 Å².